The summed E-state index contributed by atoms with van der Waals surface area (Å²) in [5.41, 5.74) is 2.41. The normalized spacial score (nSPS) is 15.1. The standard InChI is InChI=1S/C28H31N3O2S/c1-30(28(33)25-10-6-7-17-29-25)26(20-21-8-4-3-5-9-21)22-15-18-31(19-16-22)27(32)23-11-13-24(34-2)14-12-23/h3-14,17,22,26H,15-16,18-20H2,1-2H3. The maximum atomic E-state index is 13.2. The average Bonchev–Trinajstić information content (AvgIpc) is 2.92. The second-order valence-corrected chi connectivity index (χ2v) is 9.63. The van der Waals surface area contributed by atoms with Crippen molar-refractivity contribution in [2.75, 3.05) is 26.4 Å². The monoisotopic (exact) mass is 473 g/mol. The smallest absolute Gasteiger partial charge is 0.272 e. The molecule has 1 aliphatic heterocycles. The van der Waals surface area contributed by atoms with Crippen molar-refractivity contribution in [1.29, 1.82) is 0 Å². The number of rotatable bonds is 7. The minimum atomic E-state index is -0.0612. The van der Waals surface area contributed by atoms with Gasteiger partial charge in [-0.25, -0.2) is 0 Å². The lowest BCUT2D eigenvalue weighted by Gasteiger charge is -2.40. The SMILES string of the molecule is CSc1ccc(C(=O)N2CCC(C(Cc3ccccc3)N(C)C(=O)c3ccccn3)CC2)cc1. The highest BCUT2D eigenvalue weighted by atomic mass is 32.2. The number of benzene rings is 2. The Kier molecular flexibility index (Phi) is 8.01. The number of nitrogens with zero attached hydrogens (tertiary/aromatic N) is 3. The predicted octanol–water partition coefficient (Wildman–Crippen LogP) is 5.04. The van der Waals surface area contributed by atoms with E-state index in [4.69, 9.17) is 0 Å². The molecule has 1 fully saturated rings. The van der Waals surface area contributed by atoms with Gasteiger partial charge in [0.05, 0.1) is 0 Å². The Bertz CT molecular complexity index is 1080. The maximum Gasteiger partial charge on any atom is 0.272 e. The Balaban J connectivity index is 1.47. The van der Waals surface area contributed by atoms with E-state index in [-0.39, 0.29) is 17.9 Å². The topological polar surface area (TPSA) is 53.5 Å². The van der Waals surface area contributed by atoms with Crippen molar-refractivity contribution >= 4 is 23.6 Å². The number of likely N-dealkylation sites (tertiary alicyclic amines) is 1. The molecule has 2 heterocycles. The highest BCUT2D eigenvalue weighted by Crippen LogP contribution is 2.28. The van der Waals surface area contributed by atoms with Crippen molar-refractivity contribution in [2.45, 2.75) is 30.2 Å². The van der Waals surface area contributed by atoms with E-state index in [0.29, 0.717) is 24.7 Å². The average molecular weight is 474 g/mol. The Morgan fingerprint density at radius 1 is 1.00 bits per heavy atom. The fourth-order valence-electron chi connectivity index (χ4n) is 4.70. The summed E-state index contributed by atoms with van der Waals surface area (Å²) in [6.07, 6.45) is 6.20. The molecule has 1 unspecified atom stereocenters. The van der Waals surface area contributed by atoms with Gasteiger partial charge in [-0.1, -0.05) is 36.4 Å². The Hall–Kier alpha value is -3.12. The Morgan fingerprint density at radius 3 is 2.29 bits per heavy atom. The largest absolute Gasteiger partial charge is 0.339 e. The molecule has 1 aliphatic rings. The first-order valence-corrected chi connectivity index (χ1v) is 12.9. The van der Waals surface area contributed by atoms with E-state index in [9.17, 15) is 9.59 Å². The molecule has 1 aromatic heterocycles. The van der Waals surface area contributed by atoms with Crippen molar-refractivity contribution < 1.29 is 9.59 Å². The summed E-state index contributed by atoms with van der Waals surface area (Å²) < 4.78 is 0. The lowest BCUT2D eigenvalue weighted by molar-refractivity contribution is 0.0519. The Morgan fingerprint density at radius 2 is 1.68 bits per heavy atom. The number of hydrogen-bond acceptors (Lipinski definition) is 4. The fraction of sp³-hybridized carbons (Fsp3) is 0.321. The zero-order chi connectivity index (χ0) is 23.9. The van der Waals surface area contributed by atoms with Gasteiger partial charge in [-0.3, -0.25) is 14.6 Å². The van der Waals surface area contributed by atoms with Crippen LogP contribution in [-0.4, -0.2) is 59.0 Å². The van der Waals surface area contributed by atoms with Crippen molar-refractivity contribution in [3.05, 3.63) is 95.8 Å². The van der Waals surface area contributed by atoms with Crippen LogP contribution < -0.4 is 0 Å². The van der Waals surface area contributed by atoms with E-state index in [1.165, 1.54) is 5.56 Å². The van der Waals surface area contributed by atoms with Crippen LogP contribution in [0, 0.1) is 5.92 Å². The van der Waals surface area contributed by atoms with Gasteiger partial charge in [0.2, 0.25) is 0 Å². The summed E-state index contributed by atoms with van der Waals surface area (Å²) in [5, 5.41) is 0. The van der Waals surface area contributed by atoms with Crippen molar-refractivity contribution in [3.63, 3.8) is 0 Å². The third-order valence-electron chi connectivity index (χ3n) is 6.70. The van der Waals surface area contributed by atoms with Gasteiger partial charge in [-0.2, -0.15) is 0 Å². The lowest BCUT2D eigenvalue weighted by atomic mass is 9.84. The predicted molar refractivity (Wildman–Crippen MR) is 137 cm³/mol. The van der Waals surface area contributed by atoms with E-state index < -0.39 is 0 Å². The molecule has 0 saturated carbocycles. The van der Waals surface area contributed by atoms with Gasteiger partial charge in [0.25, 0.3) is 11.8 Å². The van der Waals surface area contributed by atoms with Gasteiger partial charge >= 0.3 is 0 Å². The molecule has 0 N–H and O–H groups in total. The Labute approximate surface area is 206 Å². The number of carbonyl (C=O) groups is 2. The fourth-order valence-corrected chi connectivity index (χ4v) is 5.11. The molecule has 176 valence electrons. The molecule has 3 aromatic rings. The summed E-state index contributed by atoms with van der Waals surface area (Å²) in [5.74, 6) is 0.332. The molecule has 5 nitrogen and oxygen atoms in total. The van der Waals surface area contributed by atoms with Gasteiger partial charge in [0, 0.05) is 42.8 Å². The molecular weight excluding hydrogens is 442 g/mol. The summed E-state index contributed by atoms with van der Waals surface area (Å²) in [6.45, 7) is 1.40. The molecule has 6 heteroatoms. The number of piperidine rings is 1. The number of carbonyl (C=O) groups excluding carboxylic acids is 2. The summed E-state index contributed by atoms with van der Waals surface area (Å²) in [7, 11) is 1.88. The van der Waals surface area contributed by atoms with Gasteiger partial charge in [0.1, 0.15) is 5.69 Å². The molecule has 0 radical (unpaired) electrons. The number of pyridine rings is 1. The minimum Gasteiger partial charge on any atom is -0.339 e. The first kappa shape index (κ1) is 24.0. The van der Waals surface area contributed by atoms with Gasteiger partial charge in [-0.15, -0.1) is 11.8 Å². The summed E-state index contributed by atoms with van der Waals surface area (Å²) in [4.78, 5) is 35.5. The van der Waals surface area contributed by atoms with Crippen LogP contribution in [0.2, 0.25) is 0 Å². The first-order valence-electron chi connectivity index (χ1n) is 11.7. The quantitative estimate of drug-likeness (QED) is 0.451. The van der Waals surface area contributed by atoms with Crippen LogP contribution in [-0.2, 0) is 6.42 Å². The number of aromatic nitrogens is 1. The first-order chi connectivity index (χ1) is 16.6. The molecule has 1 saturated heterocycles. The van der Waals surface area contributed by atoms with Crippen LogP contribution in [0.25, 0.3) is 0 Å². The third-order valence-corrected chi connectivity index (χ3v) is 7.44. The van der Waals surface area contributed by atoms with Crippen LogP contribution in [0.4, 0.5) is 0 Å². The minimum absolute atomic E-state index is 0.0371. The van der Waals surface area contributed by atoms with Gasteiger partial charge < -0.3 is 9.80 Å². The molecule has 2 aromatic carbocycles. The van der Waals surface area contributed by atoms with Crippen LogP contribution in [0.5, 0.6) is 0 Å². The van der Waals surface area contributed by atoms with Crippen molar-refractivity contribution in [3.8, 4) is 0 Å². The van der Waals surface area contributed by atoms with Gasteiger partial charge in [-0.05, 0) is 73.4 Å². The van der Waals surface area contributed by atoms with Crippen LogP contribution in [0.1, 0.15) is 39.3 Å². The van der Waals surface area contributed by atoms with E-state index in [2.05, 4.69) is 17.1 Å². The maximum absolute atomic E-state index is 13.2. The zero-order valence-corrected chi connectivity index (χ0v) is 20.6. The molecule has 2 amide bonds. The number of hydrogen-bond donors (Lipinski definition) is 0. The number of thioether (sulfide) groups is 1. The molecule has 0 aliphatic carbocycles. The molecule has 1 atom stereocenters. The number of likely N-dealkylation sites (N-methyl/N-ethyl adjacent to an activating group) is 1. The van der Waals surface area contributed by atoms with E-state index in [0.717, 1.165) is 29.7 Å². The molecular formula is C28H31N3O2S. The van der Waals surface area contributed by atoms with Crippen LogP contribution >= 0.6 is 11.8 Å². The van der Waals surface area contributed by atoms with Crippen molar-refractivity contribution in [2.24, 2.45) is 5.92 Å². The summed E-state index contributed by atoms with van der Waals surface area (Å²) >= 11 is 1.67. The molecule has 0 spiro atoms. The second-order valence-electron chi connectivity index (χ2n) is 8.75. The molecule has 0 bridgehead atoms. The highest BCUT2D eigenvalue weighted by Gasteiger charge is 2.33. The van der Waals surface area contributed by atoms with Crippen LogP contribution in [0.15, 0.2) is 83.9 Å². The third kappa shape index (κ3) is 5.68. The molecule has 34 heavy (non-hydrogen) atoms. The van der Waals surface area contributed by atoms with E-state index >= 15 is 0 Å². The number of amides is 2. The summed E-state index contributed by atoms with van der Waals surface area (Å²) in [6, 6.07) is 23.6. The molecule has 4 rings (SSSR count). The van der Waals surface area contributed by atoms with E-state index in [1.807, 2.05) is 77.7 Å². The van der Waals surface area contributed by atoms with Crippen molar-refractivity contribution in [1.82, 2.24) is 14.8 Å². The zero-order valence-electron chi connectivity index (χ0n) is 19.8. The van der Waals surface area contributed by atoms with Gasteiger partial charge in [0.15, 0.2) is 0 Å². The lowest BCUT2D eigenvalue weighted by Crippen LogP contribution is -2.48. The van der Waals surface area contributed by atoms with Crippen LogP contribution in [0.3, 0.4) is 0 Å². The second kappa shape index (κ2) is 11.3. The van der Waals surface area contributed by atoms with E-state index in [1.54, 1.807) is 24.0 Å². The highest BCUT2D eigenvalue weighted by molar-refractivity contribution is 7.98.